The van der Waals surface area contributed by atoms with E-state index in [-0.39, 0.29) is 6.10 Å². The number of amides is 1. The number of nitrogens with two attached hydrogens (primary N) is 1. The highest BCUT2D eigenvalue weighted by atomic mass is 16.3. The molecule has 3 N–H and O–H groups in total. The number of aliphatic hydroxyl groups excluding tert-OH is 1. The predicted molar refractivity (Wildman–Crippen MR) is 67.7 cm³/mol. The number of aliphatic hydroxyl groups is 1. The van der Waals surface area contributed by atoms with Crippen molar-refractivity contribution in [2.24, 2.45) is 5.73 Å². The molecule has 17 heavy (non-hydrogen) atoms. The molecule has 4 nitrogen and oxygen atoms in total. The number of aryl methyl sites for hydroxylation is 1. The second-order valence-corrected chi connectivity index (χ2v) is 4.55. The molecular weight excluding hydrogens is 216 g/mol. The number of nitrogens with zero attached hydrogens (tertiary/aromatic N) is 1. The third kappa shape index (κ3) is 4.17. The van der Waals surface area contributed by atoms with Gasteiger partial charge in [-0.1, -0.05) is 6.07 Å². The summed E-state index contributed by atoms with van der Waals surface area (Å²) < 4.78 is 0. The third-order valence-corrected chi connectivity index (χ3v) is 2.64. The predicted octanol–water partition coefficient (Wildman–Crippen LogP) is 0.907. The second kappa shape index (κ2) is 5.80. The van der Waals surface area contributed by atoms with E-state index in [0.717, 1.165) is 17.7 Å². The molecule has 1 rings (SSSR count). The van der Waals surface area contributed by atoms with Crippen molar-refractivity contribution in [1.29, 1.82) is 0 Å². The van der Waals surface area contributed by atoms with Crippen molar-refractivity contribution in [1.82, 2.24) is 4.90 Å². The van der Waals surface area contributed by atoms with Crippen molar-refractivity contribution in [2.75, 3.05) is 13.6 Å². The van der Waals surface area contributed by atoms with Gasteiger partial charge in [-0.15, -0.1) is 0 Å². The van der Waals surface area contributed by atoms with Crippen LogP contribution >= 0.6 is 0 Å². The highest BCUT2D eigenvalue weighted by Gasteiger charge is 2.08. The van der Waals surface area contributed by atoms with Crippen molar-refractivity contribution < 1.29 is 9.90 Å². The first-order valence-electron chi connectivity index (χ1n) is 5.66. The van der Waals surface area contributed by atoms with Gasteiger partial charge in [0.1, 0.15) is 0 Å². The van der Waals surface area contributed by atoms with E-state index < -0.39 is 5.91 Å². The summed E-state index contributed by atoms with van der Waals surface area (Å²) in [5.41, 5.74) is 7.93. The van der Waals surface area contributed by atoms with E-state index in [1.807, 2.05) is 24.9 Å². The van der Waals surface area contributed by atoms with E-state index in [9.17, 15) is 9.90 Å². The van der Waals surface area contributed by atoms with Crippen LogP contribution in [-0.2, 0) is 6.54 Å². The van der Waals surface area contributed by atoms with Gasteiger partial charge in [-0.2, -0.15) is 0 Å². The molecule has 0 aliphatic carbocycles. The number of benzene rings is 1. The first kappa shape index (κ1) is 13.7. The first-order chi connectivity index (χ1) is 7.90. The number of primary amides is 1. The van der Waals surface area contributed by atoms with Crippen molar-refractivity contribution in [2.45, 2.75) is 26.5 Å². The molecular formula is C13H20N2O2. The summed E-state index contributed by atoms with van der Waals surface area (Å²) in [5, 5.41) is 9.28. The number of likely N-dealkylation sites (N-methyl/N-ethyl adjacent to an activating group) is 1. The van der Waals surface area contributed by atoms with Gasteiger partial charge in [-0.25, -0.2) is 0 Å². The molecule has 1 amide bonds. The minimum Gasteiger partial charge on any atom is -0.392 e. The summed E-state index contributed by atoms with van der Waals surface area (Å²) in [7, 11) is 1.95. The Labute approximate surface area is 102 Å². The van der Waals surface area contributed by atoms with Crippen LogP contribution in [-0.4, -0.2) is 35.6 Å². The van der Waals surface area contributed by atoms with Crippen molar-refractivity contribution >= 4 is 5.91 Å². The highest BCUT2D eigenvalue weighted by Crippen LogP contribution is 2.13. The number of hydrogen-bond donors (Lipinski definition) is 2. The van der Waals surface area contributed by atoms with Gasteiger partial charge < -0.3 is 10.8 Å². The first-order valence-corrected chi connectivity index (χ1v) is 5.66. The Balaban J connectivity index is 2.75. The molecule has 1 aromatic carbocycles. The SMILES string of the molecule is Cc1cc(C(N)=O)ccc1CN(C)CC(C)O. The van der Waals surface area contributed by atoms with Crippen LogP contribution in [0.15, 0.2) is 18.2 Å². The van der Waals surface area contributed by atoms with Gasteiger partial charge in [0, 0.05) is 18.7 Å². The average molecular weight is 236 g/mol. The van der Waals surface area contributed by atoms with Crippen LogP contribution in [0, 0.1) is 6.92 Å². The summed E-state index contributed by atoms with van der Waals surface area (Å²) in [6.45, 7) is 5.09. The van der Waals surface area contributed by atoms with E-state index in [4.69, 9.17) is 5.73 Å². The zero-order chi connectivity index (χ0) is 13.0. The average Bonchev–Trinajstić information content (AvgIpc) is 2.19. The number of rotatable bonds is 5. The summed E-state index contributed by atoms with van der Waals surface area (Å²) >= 11 is 0. The van der Waals surface area contributed by atoms with Crippen LogP contribution in [0.3, 0.4) is 0 Å². The Morgan fingerprint density at radius 1 is 1.53 bits per heavy atom. The molecule has 4 heteroatoms. The van der Waals surface area contributed by atoms with Crippen molar-refractivity contribution in [3.8, 4) is 0 Å². The monoisotopic (exact) mass is 236 g/mol. The standard InChI is InChI=1S/C13H20N2O2/c1-9-6-11(13(14)17)4-5-12(9)8-15(3)7-10(2)16/h4-6,10,16H,7-8H2,1-3H3,(H2,14,17). The van der Waals surface area contributed by atoms with Crippen molar-refractivity contribution in [3.63, 3.8) is 0 Å². The molecule has 1 atom stereocenters. The Kier molecular flexibility index (Phi) is 4.66. The van der Waals surface area contributed by atoms with Gasteiger partial charge in [-0.3, -0.25) is 9.69 Å². The quantitative estimate of drug-likeness (QED) is 0.798. The maximum absolute atomic E-state index is 11.0. The fourth-order valence-electron chi connectivity index (χ4n) is 1.83. The maximum Gasteiger partial charge on any atom is 0.248 e. The Morgan fingerprint density at radius 2 is 2.18 bits per heavy atom. The van der Waals surface area contributed by atoms with Crippen LogP contribution in [0.5, 0.6) is 0 Å². The van der Waals surface area contributed by atoms with Gasteiger partial charge in [-0.05, 0) is 44.2 Å². The van der Waals surface area contributed by atoms with E-state index in [1.165, 1.54) is 0 Å². The van der Waals surface area contributed by atoms with Gasteiger partial charge in [0.2, 0.25) is 5.91 Å². The van der Waals surface area contributed by atoms with Crippen LogP contribution in [0.4, 0.5) is 0 Å². The van der Waals surface area contributed by atoms with Crippen LogP contribution in [0.2, 0.25) is 0 Å². The van der Waals surface area contributed by atoms with Crippen LogP contribution in [0.25, 0.3) is 0 Å². The summed E-state index contributed by atoms with van der Waals surface area (Å²) in [6.07, 6.45) is -0.342. The molecule has 94 valence electrons. The lowest BCUT2D eigenvalue weighted by molar-refractivity contribution is 0.1000. The molecule has 0 heterocycles. The molecule has 0 saturated heterocycles. The highest BCUT2D eigenvalue weighted by molar-refractivity contribution is 5.93. The van der Waals surface area contributed by atoms with E-state index >= 15 is 0 Å². The summed E-state index contributed by atoms with van der Waals surface area (Å²) in [5.74, 6) is -0.406. The summed E-state index contributed by atoms with van der Waals surface area (Å²) in [4.78, 5) is 13.0. The molecule has 0 spiro atoms. The fourth-order valence-corrected chi connectivity index (χ4v) is 1.83. The normalized spacial score (nSPS) is 12.8. The minimum absolute atomic E-state index is 0.342. The fraction of sp³-hybridized carbons (Fsp3) is 0.462. The molecule has 0 saturated carbocycles. The summed E-state index contributed by atoms with van der Waals surface area (Å²) in [6, 6.07) is 5.45. The molecule has 0 fully saturated rings. The molecule has 0 aliphatic heterocycles. The Hall–Kier alpha value is -1.39. The topological polar surface area (TPSA) is 66.6 Å². The third-order valence-electron chi connectivity index (χ3n) is 2.64. The number of hydrogen-bond acceptors (Lipinski definition) is 3. The maximum atomic E-state index is 11.0. The van der Waals surface area contributed by atoms with Crippen molar-refractivity contribution in [3.05, 3.63) is 34.9 Å². The molecule has 1 aromatic rings. The lowest BCUT2D eigenvalue weighted by Gasteiger charge is -2.19. The largest absolute Gasteiger partial charge is 0.392 e. The smallest absolute Gasteiger partial charge is 0.248 e. The second-order valence-electron chi connectivity index (χ2n) is 4.55. The lowest BCUT2D eigenvalue weighted by atomic mass is 10.0. The molecule has 0 aliphatic rings. The Morgan fingerprint density at radius 3 is 2.65 bits per heavy atom. The van der Waals surface area contributed by atoms with E-state index in [2.05, 4.69) is 0 Å². The van der Waals surface area contributed by atoms with Crippen LogP contribution in [0.1, 0.15) is 28.4 Å². The van der Waals surface area contributed by atoms with Gasteiger partial charge in [0.05, 0.1) is 6.10 Å². The number of carbonyl (C=O) groups is 1. The molecule has 0 bridgehead atoms. The minimum atomic E-state index is -0.406. The van der Waals surface area contributed by atoms with Gasteiger partial charge in [0.15, 0.2) is 0 Å². The zero-order valence-corrected chi connectivity index (χ0v) is 10.6. The zero-order valence-electron chi connectivity index (χ0n) is 10.6. The number of carbonyl (C=O) groups excluding carboxylic acids is 1. The van der Waals surface area contributed by atoms with Gasteiger partial charge >= 0.3 is 0 Å². The van der Waals surface area contributed by atoms with Crippen LogP contribution < -0.4 is 5.73 Å². The lowest BCUT2D eigenvalue weighted by Crippen LogP contribution is -2.27. The molecule has 0 aromatic heterocycles. The molecule has 1 unspecified atom stereocenters. The molecule has 0 radical (unpaired) electrons. The van der Waals surface area contributed by atoms with Gasteiger partial charge in [0.25, 0.3) is 0 Å². The van der Waals surface area contributed by atoms with E-state index in [1.54, 1.807) is 19.1 Å². The Bertz CT molecular complexity index is 402. The van der Waals surface area contributed by atoms with E-state index in [0.29, 0.717) is 12.1 Å².